The number of nitrogens with one attached hydrogen (secondary N) is 1. The SMILES string of the molecule is COCCC(C)(O)CNCC1CCCCO1. The third-order valence-corrected chi connectivity index (χ3v) is 3.00. The van der Waals surface area contributed by atoms with E-state index in [-0.39, 0.29) is 0 Å². The van der Waals surface area contributed by atoms with Gasteiger partial charge in [0, 0.05) is 39.8 Å². The molecule has 1 aliphatic rings. The summed E-state index contributed by atoms with van der Waals surface area (Å²) in [5.74, 6) is 0. The summed E-state index contributed by atoms with van der Waals surface area (Å²) >= 11 is 0. The maximum atomic E-state index is 9.99. The number of rotatable bonds is 7. The molecule has 1 saturated heterocycles. The van der Waals surface area contributed by atoms with Gasteiger partial charge in [-0.1, -0.05) is 0 Å². The quantitative estimate of drug-likeness (QED) is 0.684. The predicted molar refractivity (Wildman–Crippen MR) is 63.6 cm³/mol. The molecule has 2 unspecified atom stereocenters. The average molecular weight is 231 g/mol. The van der Waals surface area contributed by atoms with Gasteiger partial charge in [0.2, 0.25) is 0 Å². The first-order valence-electron chi connectivity index (χ1n) is 6.18. The summed E-state index contributed by atoms with van der Waals surface area (Å²) in [6.07, 6.45) is 4.55. The van der Waals surface area contributed by atoms with Gasteiger partial charge in [-0.25, -0.2) is 0 Å². The average Bonchev–Trinajstić information content (AvgIpc) is 2.28. The molecule has 4 heteroatoms. The van der Waals surface area contributed by atoms with Gasteiger partial charge in [0.05, 0.1) is 11.7 Å². The standard InChI is InChI=1S/C12H25NO3/c1-12(14,6-8-15-2)10-13-9-11-5-3-4-7-16-11/h11,13-14H,3-10H2,1-2H3. The first kappa shape index (κ1) is 13.9. The van der Waals surface area contributed by atoms with Crippen LogP contribution < -0.4 is 5.32 Å². The molecule has 0 aromatic heterocycles. The molecule has 0 aliphatic carbocycles. The number of ether oxygens (including phenoxy) is 2. The van der Waals surface area contributed by atoms with Crippen molar-refractivity contribution in [2.45, 2.75) is 44.3 Å². The van der Waals surface area contributed by atoms with Gasteiger partial charge in [0.15, 0.2) is 0 Å². The summed E-state index contributed by atoms with van der Waals surface area (Å²) < 4.78 is 10.6. The van der Waals surface area contributed by atoms with E-state index in [1.807, 2.05) is 6.92 Å². The van der Waals surface area contributed by atoms with Crippen LogP contribution in [0.1, 0.15) is 32.6 Å². The minimum atomic E-state index is -0.690. The molecule has 0 bridgehead atoms. The molecule has 0 spiro atoms. The van der Waals surface area contributed by atoms with Crippen LogP contribution in [0.25, 0.3) is 0 Å². The van der Waals surface area contributed by atoms with Crippen LogP contribution in [0.4, 0.5) is 0 Å². The van der Waals surface area contributed by atoms with E-state index < -0.39 is 5.60 Å². The molecule has 0 aromatic carbocycles. The highest BCUT2D eigenvalue weighted by Crippen LogP contribution is 2.12. The van der Waals surface area contributed by atoms with Crippen LogP contribution in [0.5, 0.6) is 0 Å². The van der Waals surface area contributed by atoms with Gasteiger partial charge in [-0.3, -0.25) is 0 Å². The van der Waals surface area contributed by atoms with Crippen molar-refractivity contribution >= 4 is 0 Å². The first-order valence-corrected chi connectivity index (χ1v) is 6.18. The van der Waals surface area contributed by atoms with Crippen LogP contribution in [0.3, 0.4) is 0 Å². The fourth-order valence-corrected chi connectivity index (χ4v) is 1.88. The van der Waals surface area contributed by atoms with Gasteiger partial charge in [0.1, 0.15) is 0 Å². The lowest BCUT2D eigenvalue weighted by molar-refractivity contribution is 0.00217. The number of methoxy groups -OCH3 is 1. The lowest BCUT2D eigenvalue weighted by Gasteiger charge is -2.27. The molecule has 96 valence electrons. The van der Waals surface area contributed by atoms with Crippen molar-refractivity contribution in [3.63, 3.8) is 0 Å². The van der Waals surface area contributed by atoms with Gasteiger partial charge in [-0.2, -0.15) is 0 Å². The third kappa shape index (κ3) is 5.80. The number of hydrogen-bond acceptors (Lipinski definition) is 4. The fourth-order valence-electron chi connectivity index (χ4n) is 1.88. The van der Waals surface area contributed by atoms with E-state index in [0.29, 0.717) is 25.7 Å². The van der Waals surface area contributed by atoms with E-state index in [4.69, 9.17) is 9.47 Å². The molecule has 1 rings (SSSR count). The molecule has 0 amide bonds. The van der Waals surface area contributed by atoms with E-state index in [2.05, 4.69) is 5.32 Å². The van der Waals surface area contributed by atoms with Crippen molar-refractivity contribution in [2.75, 3.05) is 33.4 Å². The molecule has 2 atom stereocenters. The zero-order valence-electron chi connectivity index (χ0n) is 10.5. The van der Waals surface area contributed by atoms with Crippen LogP contribution >= 0.6 is 0 Å². The van der Waals surface area contributed by atoms with Crippen LogP contribution in [0, 0.1) is 0 Å². The summed E-state index contributed by atoms with van der Waals surface area (Å²) in [4.78, 5) is 0. The molecule has 0 aromatic rings. The molecule has 2 N–H and O–H groups in total. The second-order valence-corrected chi connectivity index (χ2v) is 4.86. The molecular weight excluding hydrogens is 206 g/mol. The summed E-state index contributed by atoms with van der Waals surface area (Å²) in [7, 11) is 1.65. The molecule has 16 heavy (non-hydrogen) atoms. The lowest BCUT2D eigenvalue weighted by atomic mass is 10.0. The number of aliphatic hydroxyl groups is 1. The third-order valence-electron chi connectivity index (χ3n) is 3.00. The Labute approximate surface area is 98.3 Å². The Hall–Kier alpha value is -0.160. The van der Waals surface area contributed by atoms with Crippen LogP contribution in [-0.4, -0.2) is 50.2 Å². The van der Waals surface area contributed by atoms with Gasteiger partial charge in [-0.05, 0) is 26.2 Å². The molecule has 0 saturated carbocycles. The maximum absolute atomic E-state index is 9.99. The summed E-state index contributed by atoms with van der Waals surface area (Å²) in [5.41, 5.74) is -0.690. The van der Waals surface area contributed by atoms with E-state index in [1.165, 1.54) is 12.8 Å². The normalized spacial score (nSPS) is 25.3. The Kier molecular flexibility index (Phi) is 6.28. The summed E-state index contributed by atoms with van der Waals surface area (Å²) in [5, 5.41) is 13.3. The molecule has 1 fully saturated rings. The predicted octanol–water partition coefficient (Wildman–Crippen LogP) is 0.933. The molecule has 1 aliphatic heterocycles. The molecule has 0 radical (unpaired) electrons. The number of hydrogen-bond donors (Lipinski definition) is 2. The van der Waals surface area contributed by atoms with Crippen molar-refractivity contribution in [3.05, 3.63) is 0 Å². The van der Waals surface area contributed by atoms with Crippen LogP contribution in [-0.2, 0) is 9.47 Å². The summed E-state index contributed by atoms with van der Waals surface area (Å²) in [6, 6.07) is 0. The Morgan fingerprint density at radius 3 is 2.94 bits per heavy atom. The Bertz CT molecular complexity index is 179. The highest BCUT2D eigenvalue weighted by molar-refractivity contribution is 4.76. The second-order valence-electron chi connectivity index (χ2n) is 4.86. The Morgan fingerprint density at radius 2 is 2.31 bits per heavy atom. The minimum Gasteiger partial charge on any atom is -0.389 e. The van der Waals surface area contributed by atoms with E-state index >= 15 is 0 Å². The zero-order chi connectivity index (χ0) is 11.9. The Balaban J connectivity index is 2.08. The van der Waals surface area contributed by atoms with Gasteiger partial charge in [-0.15, -0.1) is 0 Å². The van der Waals surface area contributed by atoms with Crippen molar-refractivity contribution in [3.8, 4) is 0 Å². The largest absolute Gasteiger partial charge is 0.389 e. The van der Waals surface area contributed by atoms with E-state index in [9.17, 15) is 5.11 Å². The topological polar surface area (TPSA) is 50.7 Å². The highest BCUT2D eigenvalue weighted by atomic mass is 16.5. The van der Waals surface area contributed by atoms with Gasteiger partial charge < -0.3 is 19.9 Å². The van der Waals surface area contributed by atoms with Gasteiger partial charge >= 0.3 is 0 Å². The maximum Gasteiger partial charge on any atom is 0.0765 e. The second kappa shape index (κ2) is 7.22. The molecule has 4 nitrogen and oxygen atoms in total. The van der Waals surface area contributed by atoms with Crippen molar-refractivity contribution in [1.29, 1.82) is 0 Å². The monoisotopic (exact) mass is 231 g/mol. The smallest absolute Gasteiger partial charge is 0.0765 e. The molecular formula is C12H25NO3. The molecule has 1 heterocycles. The van der Waals surface area contributed by atoms with Crippen LogP contribution in [0.2, 0.25) is 0 Å². The van der Waals surface area contributed by atoms with Crippen LogP contribution in [0.15, 0.2) is 0 Å². The lowest BCUT2D eigenvalue weighted by Crippen LogP contribution is -2.42. The van der Waals surface area contributed by atoms with Crippen molar-refractivity contribution < 1.29 is 14.6 Å². The van der Waals surface area contributed by atoms with E-state index in [0.717, 1.165) is 19.6 Å². The fraction of sp³-hybridized carbons (Fsp3) is 1.00. The highest BCUT2D eigenvalue weighted by Gasteiger charge is 2.20. The Morgan fingerprint density at radius 1 is 1.50 bits per heavy atom. The van der Waals surface area contributed by atoms with Crippen molar-refractivity contribution in [1.82, 2.24) is 5.32 Å². The van der Waals surface area contributed by atoms with E-state index in [1.54, 1.807) is 7.11 Å². The minimum absolute atomic E-state index is 0.326. The summed E-state index contributed by atoms with van der Waals surface area (Å²) in [6.45, 7) is 4.74. The van der Waals surface area contributed by atoms with Crippen molar-refractivity contribution in [2.24, 2.45) is 0 Å². The van der Waals surface area contributed by atoms with Gasteiger partial charge in [0.25, 0.3) is 0 Å². The first-order chi connectivity index (χ1) is 7.64. The zero-order valence-corrected chi connectivity index (χ0v) is 10.5.